The first-order valence-corrected chi connectivity index (χ1v) is 16.8. The fourth-order valence-corrected chi connectivity index (χ4v) is 6.36. The minimum atomic E-state index is -0.691. The molecule has 0 saturated carbocycles. The van der Waals surface area contributed by atoms with E-state index in [4.69, 9.17) is 14.2 Å². The lowest BCUT2D eigenvalue weighted by atomic mass is 10.0. The van der Waals surface area contributed by atoms with Gasteiger partial charge in [0.05, 0.1) is 22.3 Å². The largest absolute Gasteiger partial charge is 0.423 e. The van der Waals surface area contributed by atoms with Crippen LogP contribution in [0.5, 0.6) is 17.2 Å². The van der Waals surface area contributed by atoms with Gasteiger partial charge >= 0.3 is 17.9 Å². The number of benzene rings is 8. The average molecular weight is 693 g/mol. The smallest absolute Gasteiger partial charge is 0.344 e. The molecule has 0 spiro atoms. The second-order valence-electron chi connectivity index (χ2n) is 12.3. The summed E-state index contributed by atoms with van der Waals surface area (Å²) in [5.74, 6) is -2.07. The summed E-state index contributed by atoms with van der Waals surface area (Å²) >= 11 is 0. The molecule has 0 amide bonds. The zero-order valence-electron chi connectivity index (χ0n) is 28.0. The van der Waals surface area contributed by atoms with Crippen LogP contribution in [0.25, 0.3) is 32.3 Å². The standard InChI is InChI=1S/C46H28O7/c47-43(32-22-24-33(25-23-32)51-44(48)38-19-7-13-29-10-1-4-16-35(29)38)41-27-26-34(52-45(49)39-20-8-14-30-11-2-5-17-36(30)39)28-42(41)53-46(50)40-21-9-15-31-12-3-6-18-37(31)40/h1-28H. The Labute approximate surface area is 303 Å². The summed E-state index contributed by atoms with van der Waals surface area (Å²) in [5, 5.41) is 4.80. The second kappa shape index (κ2) is 14.1. The number of hydrogen-bond donors (Lipinski definition) is 0. The predicted octanol–water partition coefficient (Wildman–Crippen LogP) is 10.0. The van der Waals surface area contributed by atoms with E-state index in [-0.39, 0.29) is 28.4 Å². The number of ether oxygens (including phenoxy) is 3. The van der Waals surface area contributed by atoms with E-state index in [0.29, 0.717) is 22.1 Å². The zero-order valence-corrected chi connectivity index (χ0v) is 28.0. The molecule has 0 heterocycles. The molecule has 254 valence electrons. The molecule has 8 aromatic carbocycles. The molecule has 0 fully saturated rings. The van der Waals surface area contributed by atoms with Crippen LogP contribution < -0.4 is 14.2 Å². The molecule has 8 aromatic rings. The fraction of sp³-hybridized carbons (Fsp3) is 0. The molecule has 0 unspecified atom stereocenters. The summed E-state index contributed by atoms with van der Waals surface area (Å²) < 4.78 is 17.4. The van der Waals surface area contributed by atoms with Crippen molar-refractivity contribution in [3.63, 3.8) is 0 Å². The summed E-state index contributed by atoms with van der Waals surface area (Å²) in [4.78, 5) is 54.2. The second-order valence-corrected chi connectivity index (χ2v) is 12.3. The maximum atomic E-state index is 14.0. The zero-order chi connectivity index (χ0) is 36.3. The first-order chi connectivity index (χ1) is 25.9. The van der Waals surface area contributed by atoms with Gasteiger partial charge in [-0.05, 0) is 86.9 Å². The molecule has 0 aliphatic rings. The van der Waals surface area contributed by atoms with Crippen LogP contribution >= 0.6 is 0 Å². The number of rotatable bonds is 8. The van der Waals surface area contributed by atoms with Crippen molar-refractivity contribution in [1.82, 2.24) is 0 Å². The van der Waals surface area contributed by atoms with Gasteiger partial charge in [-0.25, -0.2) is 14.4 Å². The molecule has 0 radical (unpaired) electrons. The number of carbonyl (C=O) groups is 4. The summed E-state index contributed by atoms with van der Waals surface area (Å²) in [6.07, 6.45) is 0. The number of carbonyl (C=O) groups excluding carboxylic acids is 4. The predicted molar refractivity (Wildman–Crippen MR) is 203 cm³/mol. The van der Waals surface area contributed by atoms with Crippen LogP contribution in [-0.2, 0) is 0 Å². The highest BCUT2D eigenvalue weighted by Gasteiger charge is 2.22. The van der Waals surface area contributed by atoms with Crippen LogP contribution in [0, 0.1) is 0 Å². The van der Waals surface area contributed by atoms with Crippen molar-refractivity contribution >= 4 is 56.0 Å². The van der Waals surface area contributed by atoms with Gasteiger partial charge in [-0.3, -0.25) is 4.79 Å². The Balaban J connectivity index is 1.09. The van der Waals surface area contributed by atoms with Gasteiger partial charge in [-0.2, -0.15) is 0 Å². The Morgan fingerprint density at radius 1 is 0.340 bits per heavy atom. The van der Waals surface area contributed by atoms with Crippen LogP contribution in [0.15, 0.2) is 170 Å². The van der Waals surface area contributed by atoms with Crippen molar-refractivity contribution in [2.75, 3.05) is 0 Å². The van der Waals surface area contributed by atoms with Crippen molar-refractivity contribution in [2.24, 2.45) is 0 Å². The van der Waals surface area contributed by atoms with Crippen LogP contribution in [0.1, 0.15) is 47.0 Å². The number of hydrogen-bond acceptors (Lipinski definition) is 7. The summed E-state index contributed by atoms with van der Waals surface area (Å²) in [7, 11) is 0. The highest BCUT2D eigenvalue weighted by Crippen LogP contribution is 2.31. The molecule has 7 heteroatoms. The van der Waals surface area contributed by atoms with E-state index in [0.717, 1.165) is 26.9 Å². The average Bonchev–Trinajstić information content (AvgIpc) is 3.20. The van der Waals surface area contributed by atoms with Gasteiger partial charge in [0, 0.05) is 11.6 Å². The van der Waals surface area contributed by atoms with Crippen LogP contribution in [0.2, 0.25) is 0 Å². The molecule has 53 heavy (non-hydrogen) atoms. The molecule has 0 aliphatic carbocycles. The van der Waals surface area contributed by atoms with Crippen LogP contribution in [0.3, 0.4) is 0 Å². The first kappa shape index (κ1) is 32.8. The molecular formula is C46H28O7. The van der Waals surface area contributed by atoms with Gasteiger partial charge in [-0.1, -0.05) is 109 Å². The van der Waals surface area contributed by atoms with E-state index in [2.05, 4.69) is 0 Å². The van der Waals surface area contributed by atoms with Gasteiger partial charge in [0.1, 0.15) is 17.2 Å². The van der Waals surface area contributed by atoms with Crippen LogP contribution in [-0.4, -0.2) is 23.7 Å². The lowest BCUT2D eigenvalue weighted by Crippen LogP contribution is -2.14. The highest BCUT2D eigenvalue weighted by atomic mass is 16.5. The molecule has 0 bridgehead atoms. The number of ketones is 1. The van der Waals surface area contributed by atoms with Crippen LogP contribution in [0.4, 0.5) is 0 Å². The maximum Gasteiger partial charge on any atom is 0.344 e. The Morgan fingerprint density at radius 2 is 0.736 bits per heavy atom. The van der Waals surface area contributed by atoms with Gasteiger partial charge in [0.2, 0.25) is 0 Å². The van der Waals surface area contributed by atoms with Crippen molar-refractivity contribution in [1.29, 1.82) is 0 Å². The van der Waals surface area contributed by atoms with Crippen molar-refractivity contribution in [3.8, 4) is 17.2 Å². The Morgan fingerprint density at radius 3 is 1.23 bits per heavy atom. The fourth-order valence-electron chi connectivity index (χ4n) is 6.36. The molecule has 7 nitrogen and oxygen atoms in total. The third-order valence-corrected chi connectivity index (χ3v) is 8.97. The molecule has 8 rings (SSSR count). The van der Waals surface area contributed by atoms with Gasteiger partial charge < -0.3 is 14.2 Å². The third kappa shape index (κ3) is 6.62. The SMILES string of the molecule is O=C(c1ccc(OC(=O)c2cccc3ccccc23)cc1)c1ccc(OC(=O)c2cccc3ccccc23)cc1OC(=O)c1cccc2ccccc12. The quantitative estimate of drug-likeness (QED) is 0.0889. The topological polar surface area (TPSA) is 96.0 Å². The van der Waals surface area contributed by atoms with E-state index in [1.807, 2.05) is 91.0 Å². The maximum absolute atomic E-state index is 14.0. The van der Waals surface area contributed by atoms with Gasteiger partial charge in [-0.15, -0.1) is 0 Å². The van der Waals surface area contributed by atoms with E-state index < -0.39 is 23.7 Å². The van der Waals surface area contributed by atoms with Crippen molar-refractivity contribution < 1.29 is 33.4 Å². The summed E-state index contributed by atoms with van der Waals surface area (Å²) in [6.45, 7) is 0. The minimum Gasteiger partial charge on any atom is -0.423 e. The lowest BCUT2D eigenvalue weighted by molar-refractivity contribution is 0.0721. The normalized spacial score (nSPS) is 10.9. The first-order valence-electron chi connectivity index (χ1n) is 16.8. The van der Waals surface area contributed by atoms with Gasteiger partial charge in [0.15, 0.2) is 5.78 Å². The number of fused-ring (bicyclic) bond motifs is 3. The third-order valence-electron chi connectivity index (χ3n) is 8.97. The summed E-state index contributed by atoms with van der Waals surface area (Å²) in [5.41, 5.74) is 1.39. The van der Waals surface area contributed by atoms with E-state index in [1.165, 1.54) is 42.5 Å². The molecule has 0 aromatic heterocycles. The van der Waals surface area contributed by atoms with E-state index in [1.54, 1.807) is 36.4 Å². The molecule has 0 aliphatic heterocycles. The van der Waals surface area contributed by atoms with E-state index >= 15 is 0 Å². The number of esters is 3. The van der Waals surface area contributed by atoms with Crippen molar-refractivity contribution in [2.45, 2.75) is 0 Å². The Bertz CT molecular complexity index is 2710. The van der Waals surface area contributed by atoms with Gasteiger partial charge in [0.25, 0.3) is 0 Å². The molecule has 0 saturated heterocycles. The summed E-state index contributed by atoms with van der Waals surface area (Å²) in [6, 6.07) is 48.8. The highest BCUT2D eigenvalue weighted by molar-refractivity contribution is 6.12. The minimum absolute atomic E-state index is 0.0593. The molecule has 0 N–H and O–H groups in total. The molecular weight excluding hydrogens is 664 g/mol. The Hall–Kier alpha value is -7.38. The molecule has 0 atom stereocenters. The lowest BCUT2D eigenvalue weighted by Gasteiger charge is -2.14. The van der Waals surface area contributed by atoms with E-state index in [9.17, 15) is 19.2 Å². The monoisotopic (exact) mass is 692 g/mol. The van der Waals surface area contributed by atoms with Crippen molar-refractivity contribution in [3.05, 3.63) is 198 Å². The Kier molecular flexibility index (Phi) is 8.72.